The summed E-state index contributed by atoms with van der Waals surface area (Å²) in [5.74, 6) is 1.53. The fourth-order valence-electron chi connectivity index (χ4n) is 3.66. The number of aryl methyl sites for hydroxylation is 1. The number of fused-ring (bicyclic) bond motifs is 1. The highest BCUT2D eigenvalue weighted by molar-refractivity contribution is 5.81. The lowest BCUT2D eigenvalue weighted by atomic mass is 10.1. The van der Waals surface area contributed by atoms with Gasteiger partial charge in [-0.2, -0.15) is 0 Å². The molecular weight excluding hydrogens is 382 g/mol. The molecule has 1 fully saturated rings. The SMILES string of the molecule is Cc1ncccc1Oc1ncnc2c1ccn2C1CCN(C(=O)OCC(C)C)CC1. The predicted octanol–water partition coefficient (Wildman–Crippen LogP) is 4.36. The van der Waals surface area contributed by atoms with E-state index in [1.165, 1.54) is 6.33 Å². The average Bonchev–Trinajstić information content (AvgIpc) is 3.19. The fraction of sp³-hybridized carbons (Fsp3) is 0.455. The third kappa shape index (κ3) is 4.22. The first kappa shape index (κ1) is 20.1. The van der Waals surface area contributed by atoms with Crippen molar-refractivity contribution in [3.8, 4) is 11.6 Å². The van der Waals surface area contributed by atoms with Crippen molar-refractivity contribution >= 4 is 17.1 Å². The van der Waals surface area contributed by atoms with Crippen molar-refractivity contribution in [3.05, 3.63) is 42.6 Å². The molecule has 0 aromatic carbocycles. The van der Waals surface area contributed by atoms with Crippen molar-refractivity contribution in [1.29, 1.82) is 0 Å². The Kier molecular flexibility index (Phi) is 5.83. The number of nitrogens with zero attached hydrogens (tertiary/aromatic N) is 5. The summed E-state index contributed by atoms with van der Waals surface area (Å²) in [6.07, 6.45) is 6.77. The molecule has 8 nitrogen and oxygen atoms in total. The number of hydrogen-bond acceptors (Lipinski definition) is 6. The number of pyridine rings is 1. The van der Waals surface area contributed by atoms with Crippen LogP contribution in [0.25, 0.3) is 11.0 Å². The topological polar surface area (TPSA) is 82.4 Å². The number of likely N-dealkylation sites (tertiary alicyclic amines) is 1. The van der Waals surface area contributed by atoms with E-state index >= 15 is 0 Å². The summed E-state index contributed by atoms with van der Waals surface area (Å²) >= 11 is 0. The number of carbonyl (C=O) groups excluding carboxylic acids is 1. The van der Waals surface area contributed by atoms with Crippen molar-refractivity contribution in [1.82, 2.24) is 24.4 Å². The van der Waals surface area contributed by atoms with Crippen molar-refractivity contribution in [2.24, 2.45) is 5.92 Å². The van der Waals surface area contributed by atoms with E-state index < -0.39 is 0 Å². The molecule has 0 saturated carbocycles. The number of rotatable bonds is 5. The van der Waals surface area contributed by atoms with Crippen molar-refractivity contribution in [3.63, 3.8) is 0 Å². The van der Waals surface area contributed by atoms with Crippen LogP contribution in [0.4, 0.5) is 4.79 Å². The second-order valence-electron chi connectivity index (χ2n) is 8.02. The first-order valence-electron chi connectivity index (χ1n) is 10.4. The summed E-state index contributed by atoms with van der Waals surface area (Å²) in [6.45, 7) is 7.77. The van der Waals surface area contributed by atoms with Crippen LogP contribution < -0.4 is 4.74 Å². The van der Waals surface area contributed by atoms with Crippen molar-refractivity contribution in [2.45, 2.75) is 39.7 Å². The molecule has 4 rings (SSSR count). The number of amides is 1. The van der Waals surface area contributed by atoms with Gasteiger partial charge in [-0.05, 0) is 43.9 Å². The summed E-state index contributed by atoms with van der Waals surface area (Å²) < 4.78 is 13.5. The first-order chi connectivity index (χ1) is 14.5. The lowest BCUT2D eigenvalue weighted by Crippen LogP contribution is -2.39. The minimum absolute atomic E-state index is 0.218. The van der Waals surface area contributed by atoms with Crippen LogP contribution in [0, 0.1) is 12.8 Å². The lowest BCUT2D eigenvalue weighted by molar-refractivity contribution is 0.0800. The number of carbonyl (C=O) groups is 1. The second-order valence-corrected chi connectivity index (χ2v) is 8.02. The van der Waals surface area contributed by atoms with Crippen LogP contribution in [0.5, 0.6) is 11.6 Å². The van der Waals surface area contributed by atoms with E-state index in [9.17, 15) is 4.79 Å². The Balaban J connectivity index is 1.47. The Labute approximate surface area is 175 Å². The highest BCUT2D eigenvalue weighted by Crippen LogP contribution is 2.32. The van der Waals surface area contributed by atoms with Gasteiger partial charge >= 0.3 is 6.09 Å². The average molecular weight is 409 g/mol. The second kappa shape index (κ2) is 8.69. The van der Waals surface area contributed by atoms with Crippen LogP contribution in [-0.2, 0) is 4.74 Å². The zero-order valence-electron chi connectivity index (χ0n) is 17.6. The summed E-state index contributed by atoms with van der Waals surface area (Å²) in [4.78, 5) is 27.1. The Morgan fingerprint density at radius 3 is 2.73 bits per heavy atom. The van der Waals surface area contributed by atoms with Crippen LogP contribution in [0.15, 0.2) is 36.9 Å². The van der Waals surface area contributed by atoms with E-state index in [4.69, 9.17) is 9.47 Å². The number of piperidine rings is 1. The van der Waals surface area contributed by atoms with E-state index in [1.807, 2.05) is 45.2 Å². The Morgan fingerprint density at radius 1 is 1.20 bits per heavy atom. The normalized spacial score (nSPS) is 15.0. The lowest BCUT2D eigenvalue weighted by Gasteiger charge is -2.32. The zero-order chi connectivity index (χ0) is 21.1. The highest BCUT2D eigenvalue weighted by Gasteiger charge is 2.26. The highest BCUT2D eigenvalue weighted by atomic mass is 16.6. The van der Waals surface area contributed by atoms with Crippen LogP contribution in [0.2, 0.25) is 0 Å². The maximum Gasteiger partial charge on any atom is 0.409 e. The Hall–Kier alpha value is -3.16. The van der Waals surface area contributed by atoms with Gasteiger partial charge in [0.1, 0.15) is 12.0 Å². The molecule has 1 amide bonds. The van der Waals surface area contributed by atoms with E-state index in [-0.39, 0.29) is 12.1 Å². The van der Waals surface area contributed by atoms with Gasteiger partial charge in [0.2, 0.25) is 5.88 Å². The van der Waals surface area contributed by atoms with E-state index in [1.54, 1.807) is 11.1 Å². The van der Waals surface area contributed by atoms with Gasteiger partial charge in [0, 0.05) is 31.5 Å². The molecule has 0 N–H and O–H groups in total. The molecule has 158 valence electrons. The first-order valence-corrected chi connectivity index (χ1v) is 10.4. The summed E-state index contributed by atoms with van der Waals surface area (Å²) in [5.41, 5.74) is 1.64. The van der Waals surface area contributed by atoms with Crippen molar-refractivity contribution < 1.29 is 14.3 Å². The van der Waals surface area contributed by atoms with Gasteiger partial charge in [-0.15, -0.1) is 0 Å². The third-order valence-electron chi connectivity index (χ3n) is 5.29. The van der Waals surface area contributed by atoms with Gasteiger partial charge in [-0.3, -0.25) is 4.98 Å². The molecule has 3 aromatic rings. The molecule has 1 aliphatic heterocycles. The summed E-state index contributed by atoms with van der Waals surface area (Å²) in [7, 11) is 0. The molecule has 3 aromatic heterocycles. The molecule has 30 heavy (non-hydrogen) atoms. The number of ether oxygens (including phenoxy) is 2. The molecule has 0 bridgehead atoms. The predicted molar refractivity (Wildman–Crippen MR) is 113 cm³/mol. The summed E-state index contributed by atoms with van der Waals surface area (Å²) in [5, 5.41) is 0.861. The standard InChI is InChI=1S/C22H27N5O3/c1-15(2)13-29-22(28)26-10-6-17(7-11-26)27-12-8-18-20(27)24-14-25-21(18)30-19-5-4-9-23-16(19)3/h4-5,8-9,12,14-15,17H,6-7,10-11,13H2,1-3H3. The van der Waals surface area contributed by atoms with E-state index in [0.29, 0.717) is 37.2 Å². The number of hydrogen-bond donors (Lipinski definition) is 0. The number of aromatic nitrogens is 4. The van der Waals surface area contributed by atoms with Crippen LogP contribution in [0.3, 0.4) is 0 Å². The molecular formula is C22H27N5O3. The smallest absolute Gasteiger partial charge is 0.409 e. The van der Waals surface area contributed by atoms with Gasteiger partial charge in [0.25, 0.3) is 0 Å². The zero-order valence-corrected chi connectivity index (χ0v) is 17.6. The minimum Gasteiger partial charge on any atom is -0.449 e. The quantitative estimate of drug-likeness (QED) is 0.623. The van der Waals surface area contributed by atoms with Crippen LogP contribution >= 0.6 is 0 Å². The van der Waals surface area contributed by atoms with Crippen LogP contribution in [0.1, 0.15) is 38.4 Å². The Morgan fingerprint density at radius 2 is 2.00 bits per heavy atom. The molecule has 0 atom stereocenters. The van der Waals surface area contributed by atoms with Gasteiger partial charge in [-0.1, -0.05) is 13.8 Å². The molecule has 1 saturated heterocycles. The maximum absolute atomic E-state index is 12.2. The molecule has 0 spiro atoms. The molecule has 0 aliphatic carbocycles. The summed E-state index contributed by atoms with van der Waals surface area (Å²) in [6, 6.07) is 5.96. The third-order valence-corrected chi connectivity index (χ3v) is 5.29. The van der Waals surface area contributed by atoms with Gasteiger partial charge in [0.15, 0.2) is 5.75 Å². The molecule has 4 heterocycles. The van der Waals surface area contributed by atoms with Crippen LogP contribution in [-0.4, -0.2) is 50.2 Å². The largest absolute Gasteiger partial charge is 0.449 e. The van der Waals surface area contributed by atoms with Crippen molar-refractivity contribution in [2.75, 3.05) is 19.7 Å². The van der Waals surface area contributed by atoms with E-state index in [2.05, 4.69) is 19.5 Å². The molecule has 0 unspecified atom stereocenters. The molecule has 8 heteroatoms. The monoisotopic (exact) mass is 409 g/mol. The molecule has 0 radical (unpaired) electrons. The van der Waals surface area contributed by atoms with Gasteiger partial charge < -0.3 is 18.9 Å². The minimum atomic E-state index is -0.218. The van der Waals surface area contributed by atoms with Gasteiger partial charge in [0.05, 0.1) is 17.7 Å². The van der Waals surface area contributed by atoms with Gasteiger partial charge in [-0.25, -0.2) is 14.8 Å². The van der Waals surface area contributed by atoms with E-state index in [0.717, 1.165) is 29.6 Å². The molecule has 1 aliphatic rings. The fourth-order valence-corrected chi connectivity index (χ4v) is 3.66. The Bertz CT molecular complexity index is 1020. The maximum atomic E-state index is 12.2.